The van der Waals surface area contributed by atoms with Crippen LogP contribution in [-0.4, -0.2) is 31.1 Å². The Morgan fingerprint density at radius 3 is 2.82 bits per heavy atom. The number of fused-ring (bicyclic) bond motifs is 1. The van der Waals surface area contributed by atoms with Crippen molar-refractivity contribution in [3.05, 3.63) is 24.3 Å². The van der Waals surface area contributed by atoms with Crippen LogP contribution in [0.1, 0.15) is 6.42 Å². The van der Waals surface area contributed by atoms with Gasteiger partial charge in [0.25, 0.3) is 0 Å². The van der Waals surface area contributed by atoms with Crippen LogP contribution >= 0.6 is 12.1 Å². The molecule has 2 aliphatic heterocycles. The largest absolute Gasteiger partial charge is 0.308 e. The molecule has 0 N–H and O–H groups in total. The van der Waals surface area contributed by atoms with Gasteiger partial charge in [0.05, 0.1) is 29.6 Å². The van der Waals surface area contributed by atoms with Gasteiger partial charge in [-0.1, -0.05) is 12.1 Å². The maximum atomic E-state index is 8.91. The third-order valence-electron chi connectivity index (χ3n) is 3.31. The van der Waals surface area contributed by atoms with Gasteiger partial charge in [0.15, 0.2) is 6.19 Å². The number of hydrogen-bond donors (Lipinski definition) is 0. The van der Waals surface area contributed by atoms with Gasteiger partial charge in [-0.05, 0) is 18.6 Å². The number of hydrogen-bond acceptors (Lipinski definition) is 5. The van der Waals surface area contributed by atoms with Crippen molar-refractivity contribution in [1.29, 1.82) is 5.26 Å². The van der Waals surface area contributed by atoms with E-state index in [1.807, 2.05) is 4.90 Å². The first-order valence-corrected chi connectivity index (χ1v) is 6.47. The van der Waals surface area contributed by atoms with E-state index in [2.05, 4.69) is 46.1 Å². The summed E-state index contributed by atoms with van der Waals surface area (Å²) < 4.78 is 4.52. The lowest BCUT2D eigenvalue weighted by Crippen LogP contribution is -2.30. The van der Waals surface area contributed by atoms with Crippen LogP contribution in [0.3, 0.4) is 0 Å². The molecule has 1 aromatic carbocycles. The molecule has 0 saturated carbocycles. The molecule has 17 heavy (non-hydrogen) atoms. The average molecular weight is 246 g/mol. The van der Waals surface area contributed by atoms with Crippen molar-refractivity contribution in [3.8, 4) is 6.19 Å². The Balaban J connectivity index is 1.85. The van der Waals surface area contributed by atoms with Crippen LogP contribution in [0.25, 0.3) is 0 Å². The zero-order chi connectivity index (χ0) is 11.8. The zero-order valence-electron chi connectivity index (χ0n) is 9.71. The van der Waals surface area contributed by atoms with Gasteiger partial charge >= 0.3 is 0 Å². The predicted octanol–water partition coefficient (Wildman–Crippen LogP) is 2.06. The van der Waals surface area contributed by atoms with Gasteiger partial charge in [0.2, 0.25) is 0 Å². The van der Waals surface area contributed by atoms with Gasteiger partial charge < -0.3 is 4.90 Å². The van der Waals surface area contributed by atoms with Crippen LogP contribution in [-0.2, 0) is 0 Å². The molecular formula is C12H14N4S. The minimum absolute atomic E-state index is 0.436. The maximum Gasteiger partial charge on any atom is 0.179 e. The minimum atomic E-state index is 0.436. The standard InChI is InChI=1S/C12H14N4S/c1-14-11-4-2-3-5-12(11)16(17-14)10-6-7-15(8-10)9-13/h2-5,10H,6-8H2,1H3. The van der Waals surface area contributed by atoms with Crippen LogP contribution in [0.15, 0.2) is 24.3 Å². The number of nitrogens with zero attached hydrogens (tertiary/aromatic N) is 4. The first-order chi connectivity index (χ1) is 8.29. The van der Waals surface area contributed by atoms with Crippen molar-refractivity contribution < 1.29 is 0 Å². The minimum Gasteiger partial charge on any atom is -0.308 e. The molecule has 0 aliphatic carbocycles. The Morgan fingerprint density at radius 2 is 2.12 bits per heavy atom. The first-order valence-electron chi connectivity index (χ1n) is 5.74. The highest BCUT2D eigenvalue weighted by Gasteiger charge is 2.34. The lowest BCUT2D eigenvalue weighted by atomic mass is 10.2. The van der Waals surface area contributed by atoms with E-state index in [-0.39, 0.29) is 0 Å². The number of rotatable bonds is 1. The highest BCUT2D eigenvalue weighted by atomic mass is 32.2. The summed E-state index contributed by atoms with van der Waals surface area (Å²) in [6.45, 7) is 1.72. The molecule has 0 aromatic heterocycles. The first kappa shape index (κ1) is 10.6. The molecule has 2 aliphatic rings. The van der Waals surface area contributed by atoms with E-state index < -0.39 is 0 Å². The van der Waals surface area contributed by atoms with Crippen molar-refractivity contribution in [2.75, 3.05) is 28.7 Å². The fraction of sp³-hybridized carbons (Fsp3) is 0.417. The number of benzene rings is 1. The molecule has 0 bridgehead atoms. The predicted molar refractivity (Wildman–Crippen MR) is 70.5 cm³/mol. The second-order valence-electron chi connectivity index (χ2n) is 4.38. The third kappa shape index (κ3) is 1.69. The molecule has 4 nitrogen and oxygen atoms in total. The summed E-state index contributed by atoms with van der Waals surface area (Å²) in [5.74, 6) is 0. The molecule has 1 unspecified atom stereocenters. The molecule has 3 rings (SSSR count). The molecule has 1 atom stereocenters. The van der Waals surface area contributed by atoms with E-state index in [4.69, 9.17) is 5.26 Å². The normalized spacial score (nSPS) is 22.8. The summed E-state index contributed by atoms with van der Waals surface area (Å²) in [6, 6.07) is 8.86. The summed E-state index contributed by atoms with van der Waals surface area (Å²) in [5.41, 5.74) is 2.53. The highest BCUT2D eigenvalue weighted by molar-refractivity contribution is 8.02. The van der Waals surface area contributed by atoms with Gasteiger partial charge in [0, 0.05) is 20.1 Å². The number of likely N-dealkylation sites (tertiary alicyclic amines) is 1. The Labute approximate surface area is 106 Å². The van der Waals surface area contributed by atoms with Gasteiger partial charge in [-0.15, -0.1) is 0 Å². The molecule has 1 saturated heterocycles. The molecule has 88 valence electrons. The van der Waals surface area contributed by atoms with E-state index in [9.17, 15) is 0 Å². The Morgan fingerprint density at radius 1 is 1.35 bits per heavy atom. The topological polar surface area (TPSA) is 33.5 Å². The molecule has 1 fully saturated rings. The molecule has 0 spiro atoms. The Kier molecular flexibility index (Phi) is 2.52. The molecule has 1 aromatic rings. The Hall–Kier alpha value is -1.54. The lowest BCUT2D eigenvalue weighted by Gasteiger charge is -2.23. The SMILES string of the molecule is CN1SN(C2CCN(C#N)C2)c2ccccc21. The summed E-state index contributed by atoms with van der Waals surface area (Å²) in [5, 5.41) is 8.91. The molecule has 0 amide bonds. The summed E-state index contributed by atoms with van der Waals surface area (Å²) in [4.78, 5) is 1.84. The van der Waals surface area contributed by atoms with Crippen LogP contribution < -0.4 is 8.61 Å². The number of nitriles is 1. The quantitative estimate of drug-likeness (QED) is 0.559. The van der Waals surface area contributed by atoms with Crippen LogP contribution in [0, 0.1) is 11.5 Å². The Bertz CT molecular complexity index is 470. The van der Waals surface area contributed by atoms with E-state index in [1.54, 1.807) is 12.1 Å². The van der Waals surface area contributed by atoms with Gasteiger partial charge in [-0.3, -0.25) is 8.61 Å². The lowest BCUT2D eigenvalue weighted by molar-refractivity contribution is 0.480. The zero-order valence-corrected chi connectivity index (χ0v) is 10.5. The second-order valence-corrected chi connectivity index (χ2v) is 5.49. The van der Waals surface area contributed by atoms with Crippen molar-refractivity contribution in [2.24, 2.45) is 0 Å². The van der Waals surface area contributed by atoms with Crippen LogP contribution in [0.5, 0.6) is 0 Å². The van der Waals surface area contributed by atoms with Crippen molar-refractivity contribution in [3.63, 3.8) is 0 Å². The van der Waals surface area contributed by atoms with Gasteiger partial charge in [-0.25, -0.2) is 0 Å². The van der Waals surface area contributed by atoms with Crippen LogP contribution in [0.4, 0.5) is 11.4 Å². The van der Waals surface area contributed by atoms with Crippen LogP contribution in [0.2, 0.25) is 0 Å². The molecule has 5 heteroatoms. The number of para-hydroxylation sites is 2. The third-order valence-corrected chi connectivity index (χ3v) is 4.42. The van der Waals surface area contributed by atoms with E-state index in [0.717, 1.165) is 19.5 Å². The monoisotopic (exact) mass is 246 g/mol. The van der Waals surface area contributed by atoms with Crippen molar-refractivity contribution in [2.45, 2.75) is 12.5 Å². The van der Waals surface area contributed by atoms with E-state index in [1.165, 1.54) is 11.4 Å². The van der Waals surface area contributed by atoms with Gasteiger partial charge in [0.1, 0.15) is 0 Å². The van der Waals surface area contributed by atoms with E-state index >= 15 is 0 Å². The van der Waals surface area contributed by atoms with Gasteiger partial charge in [-0.2, -0.15) is 5.26 Å². The number of anilines is 2. The molecule has 2 heterocycles. The molecule has 0 radical (unpaired) electrons. The maximum absolute atomic E-state index is 8.91. The highest BCUT2D eigenvalue weighted by Crippen LogP contribution is 2.45. The van der Waals surface area contributed by atoms with E-state index in [0.29, 0.717) is 6.04 Å². The van der Waals surface area contributed by atoms with Crippen molar-refractivity contribution >= 4 is 23.5 Å². The fourth-order valence-corrected chi connectivity index (χ4v) is 3.48. The molecular weight excluding hydrogens is 232 g/mol. The average Bonchev–Trinajstić information content (AvgIpc) is 2.95. The smallest absolute Gasteiger partial charge is 0.179 e. The second kappa shape index (κ2) is 4.04. The fourth-order valence-electron chi connectivity index (χ4n) is 2.42. The summed E-state index contributed by atoms with van der Waals surface area (Å²) in [6.07, 6.45) is 3.29. The summed E-state index contributed by atoms with van der Waals surface area (Å²) >= 11 is 1.73. The van der Waals surface area contributed by atoms with Crippen molar-refractivity contribution in [1.82, 2.24) is 4.90 Å². The summed E-state index contributed by atoms with van der Waals surface area (Å²) in [7, 11) is 2.08.